The van der Waals surface area contributed by atoms with E-state index in [1.165, 1.54) is 4.57 Å². The number of carbonyl (C=O) groups excluding carboxylic acids is 1. The SMILES string of the molecule is CC(C)=CCN1c2c(n(C)c(=O)[nH]c2=O)N(CC(=O)c2cccc(Cl)c2)C1N1CCC2CNCC21. The van der Waals surface area contributed by atoms with Crippen LogP contribution in [0.25, 0.3) is 0 Å². The number of hydrogen-bond acceptors (Lipinski definition) is 7. The molecule has 2 aromatic rings. The second kappa shape index (κ2) is 9.29. The normalized spacial score (nSPS) is 23.5. The molecule has 10 heteroatoms. The summed E-state index contributed by atoms with van der Waals surface area (Å²) in [5.74, 6) is 0.868. The van der Waals surface area contributed by atoms with E-state index >= 15 is 0 Å². The van der Waals surface area contributed by atoms with Crippen LogP contribution in [0.3, 0.4) is 0 Å². The third kappa shape index (κ3) is 4.22. The first-order valence-electron chi connectivity index (χ1n) is 12.0. The Morgan fingerprint density at radius 2 is 2.00 bits per heavy atom. The molecule has 0 amide bonds. The van der Waals surface area contributed by atoms with E-state index in [4.69, 9.17) is 11.6 Å². The summed E-state index contributed by atoms with van der Waals surface area (Å²) in [6.45, 7) is 7.23. The standard InChI is InChI=1S/C25H31ClN6O3/c1-15(2)7-9-31-21-22(34)28-24(35)29(3)23(21)32(14-20(33)16-5-4-6-18(26)11-16)25(31)30-10-8-17-12-27-13-19(17)30/h4-7,11,17,19,25,27H,8-10,12-14H2,1-3H3,(H,28,34,35). The molecule has 2 N–H and O–H groups in total. The summed E-state index contributed by atoms with van der Waals surface area (Å²) >= 11 is 6.15. The molecule has 0 bridgehead atoms. The monoisotopic (exact) mass is 498 g/mol. The topological polar surface area (TPSA) is 93.7 Å². The molecule has 0 radical (unpaired) electrons. The Morgan fingerprint density at radius 1 is 1.20 bits per heavy atom. The van der Waals surface area contributed by atoms with E-state index in [1.54, 1.807) is 31.3 Å². The molecule has 3 unspecified atom stereocenters. The number of rotatable bonds is 6. The Labute approximate surface area is 209 Å². The van der Waals surface area contributed by atoms with Gasteiger partial charge in [0.25, 0.3) is 5.56 Å². The molecule has 3 atom stereocenters. The van der Waals surface area contributed by atoms with Crippen LogP contribution in [0.5, 0.6) is 0 Å². The number of nitrogens with one attached hydrogen (secondary N) is 2. The van der Waals surface area contributed by atoms with Crippen molar-refractivity contribution in [3.63, 3.8) is 0 Å². The van der Waals surface area contributed by atoms with E-state index in [9.17, 15) is 14.4 Å². The zero-order valence-electron chi connectivity index (χ0n) is 20.3. The molecule has 2 fully saturated rings. The van der Waals surface area contributed by atoms with Crippen LogP contribution in [-0.2, 0) is 7.05 Å². The second-order valence-corrected chi connectivity index (χ2v) is 10.3. The molecule has 3 aliphatic heterocycles. The number of allylic oxidation sites excluding steroid dienone is 1. The minimum absolute atomic E-state index is 0.0153. The fourth-order valence-corrected chi connectivity index (χ4v) is 5.83. The van der Waals surface area contributed by atoms with Crippen molar-refractivity contribution in [1.29, 1.82) is 0 Å². The highest BCUT2D eigenvalue weighted by molar-refractivity contribution is 6.31. The Hall–Kier alpha value is -2.88. The number of aromatic amines is 1. The van der Waals surface area contributed by atoms with Gasteiger partial charge < -0.3 is 15.1 Å². The van der Waals surface area contributed by atoms with Crippen molar-refractivity contribution in [2.75, 3.05) is 42.5 Å². The van der Waals surface area contributed by atoms with Crippen molar-refractivity contribution >= 4 is 28.9 Å². The molecule has 5 rings (SSSR count). The number of fused-ring (bicyclic) bond motifs is 2. The molecule has 1 aromatic carbocycles. The van der Waals surface area contributed by atoms with Gasteiger partial charge in [0.2, 0.25) is 0 Å². The van der Waals surface area contributed by atoms with Crippen LogP contribution in [0.1, 0.15) is 30.6 Å². The van der Waals surface area contributed by atoms with E-state index in [0.717, 1.165) is 31.6 Å². The van der Waals surface area contributed by atoms with Gasteiger partial charge in [0.15, 0.2) is 12.1 Å². The third-order valence-electron chi connectivity index (χ3n) is 7.33. The maximum atomic E-state index is 13.5. The minimum atomic E-state index is -0.501. The van der Waals surface area contributed by atoms with Gasteiger partial charge in [-0.3, -0.25) is 24.0 Å². The van der Waals surface area contributed by atoms with Crippen LogP contribution >= 0.6 is 11.6 Å². The lowest BCUT2D eigenvalue weighted by atomic mass is 10.1. The number of benzene rings is 1. The number of hydrogen-bond donors (Lipinski definition) is 2. The van der Waals surface area contributed by atoms with Gasteiger partial charge in [0, 0.05) is 43.3 Å². The molecule has 3 aliphatic rings. The third-order valence-corrected chi connectivity index (χ3v) is 7.56. The van der Waals surface area contributed by atoms with Crippen LogP contribution in [0, 0.1) is 5.92 Å². The molecular formula is C25H31ClN6O3. The molecule has 35 heavy (non-hydrogen) atoms. The predicted octanol–water partition coefficient (Wildman–Crippen LogP) is 1.78. The molecule has 1 aromatic heterocycles. The first-order chi connectivity index (χ1) is 16.8. The number of aromatic nitrogens is 2. The predicted molar refractivity (Wildman–Crippen MR) is 137 cm³/mol. The van der Waals surface area contributed by atoms with E-state index in [-0.39, 0.29) is 18.6 Å². The summed E-state index contributed by atoms with van der Waals surface area (Å²) in [4.78, 5) is 48.1. The molecule has 2 saturated heterocycles. The number of H-pyrrole nitrogens is 1. The smallest absolute Gasteiger partial charge is 0.327 e. The number of Topliss-reactive ketones (excluding diaryl/α,β-unsaturated/α-hetero) is 1. The Bertz CT molecular complexity index is 1300. The fourth-order valence-electron chi connectivity index (χ4n) is 5.64. The zero-order chi connectivity index (χ0) is 24.9. The molecule has 0 aliphatic carbocycles. The number of nitrogens with zero attached hydrogens (tertiary/aromatic N) is 4. The maximum Gasteiger partial charge on any atom is 0.329 e. The summed E-state index contributed by atoms with van der Waals surface area (Å²) in [7, 11) is 1.64. The molecule has 9 nitrogen and oxygen atoms in total. The van der Waals surface area contributed by atoms with Gasteiger partial charge in [0.05, 0.1) is 6.54 Å². The average Bonchev–Trinajstić information content (AvgIpc) is 3.50. The van der Waals surface area contributed by atoms with Crippen molar-refractivity contribution < 1.29 is 4.79 Å². The lowest BCUT2D eigenvalue weighted by Gasteiger charge is -2.41. The molecule has 4 heterocycles. The summed E-state index contributed by atoms with van der Waals surface area (Å²) in [5, 5.41) is 3.98. The highest BCUT2D eigenvalue weighted by Gasteiger charge is 2.49. The highest BCUT2D eigenvalue weighted by atomic mass is 35.5. The quantitative estimate of drug-likeness (QED) is 0.463. The minimum Gasteiger partial charge on any atom is -0.327 e. The van der Waals surface area contributed by atoms with E-state index in [1.807, 2.05) is 23.6 Å². The fraction of sp³-hybridized carbons (Fsp3) is 0.480. The molecular weight excluding hydrogens is 468 g/mol. The van der Waals surface area contributed by atoms with Gasteiger partial charge in [-0.2, -0.15) is 0 Å². The first kappa shape index (κ1) is 23.8. The van der Waals surface area contributed by atoms with Crippen LogP contribution in [0.2, 0.25) is 5.02 Å². The van der Waals surface area contributed by atoms with Crippen molar-refractivity contribution in [3.05, 3.63) is 67.3 Å². The second-order valence-electron chi connectivity index (χ2n) is 9.84. The number of anilines is 2. The van der Waals surface area contributed by atoms with Crippen molar-refractivity contribution in [2.24, 2.45) is 13.0 Å². The van der Waals surface area contributed by atoms with Crippen LogP contribution in [-0.4, -0.2) is 65.3 Å². The van der Waals surface area contributed by atoms with Gasteiger partial charge in [-0.1, -0.05) is 35.4 Å². The molecule has 0 saturated carbocycles. The Balaban J connectivity index is 1.64. The summed E-state index contributed by atoms with van der Waals surface area (Å²) in [6.07, 6.45) is 2.75. The highest BCUT2D eigenvalue weighted by Crippen LogP contribution is 2.41. The summed E-state index contributed by atoms with van der Waals surface area (Å²) < 4.78 is 1.44. The van der Waals surface area contributed by atoms with Crippen molar-refractivity contribution in [2.45, 2.75) is 32.6 Å². The largest absolute Gasteiger partial charge is 0.329 e. The van der Waals surface area contributed by atoms with E-state index in [2.05, 4.69) is 21.3 Å². The van der Waals surface area contributed by atoms with E-state index < -0.39 is 11.2 Å². The molecule has 186 valence electrons. The van der Waals surface area contributed by atoms with Gasteiger partial charge in [-0.05, 0) is 44.9 Å². The first-order valence-corrected chi connectivity index (χ1v) is 12.4. The van der Waals surface area contributed by atoms with Gasteiger partial charge in [-0.25, -0.2) is 4.79 Å². The maximum absolute atomic E-state index is 13.5. The number of ketones is 1. The number of likely N-dealkylation sites (tertiary alicyclic amines) is 1. The van der Waals surface area contributed by atoms with Crippen LogP contribution < -0.4 is 26.4 Å². The Morgan fingerprint density at radius 3 is 2.74 bits per heavy atom. The number of halogens is 1. The summed E-state index contributed by atoms with van der Waals surface area (Å²) in [6, 6.07) is 7.17. The lowest BCUT2D eigenvalue weighted by molar-refractivity contribution is 0.0981. The zero-order valence-corrected chi connectivity index (χ0v) is 21.0. The molecule has 0 spiro atoms. The Kier molecular flexibility index (Phi) is 6.33. The number of carbonyl (C=O) groups is 1. The van der Waals surface area contributed by atoms with Crippen molar-refractivity contribution in [1.82, 2.24) is 19.8 Å². The van der Waals surface area contributed by atoms with E-state index in [0.29, 0.717) is 40.6 Å². The average molecular weight is 499 g/mol. The van der Waals surface area contributed by atoms with Crippen molar-refractivity contribution in [3.8, 4) is 0 Å². The van der Waals surface area contributed by atoms with Gasteiger partial charge in [-0.15, -0.1) is 0 Å². The van der Waals surface area contributed by atoms with Crippen LogP contribution in [0.15, 0.2) is 45.5 Å². The lowest BCUT2D eigenvalue weighted by Crippen LogP contribution is -2.59. The van der Waals surface area contributed by atoms with Gasteiger partial charge >= 0.3 is 5.69 Å². The van der Waals surface area contributed by atoms with Crippen LogP contribution in [0.4, 0.5) is 11.5 Å². The van der Waals surface area contributed by atoms with Gasteiger partial charge in [0.1, 0.15) is 11.5 Å². The summed E-state index contributed by atoms with van der Waals surface area (Å²) in [5.41, 5.74) is 1.11.